The van der Waals surface area contributed by atoms with Gasteiger partial charge in [0.05, 0.1) is 0 Å². The average Bonchev–Trinajstić information content (AvgIpc) is 2.35. The molecule has 0 spiro atoms. The van der Waals surface area contributed by atoms with Gasteiger partial charge in [0.25, 0.3) is 5.78 Å². The number of nitrogens with one attached hydrogen (secondary N) is 1. The molecule has 1 atom stereocenters. The largest absolute Gasteiger partial charge is 0.305 e. The van der Waals surface area contributed by atoms with Crippen LogP contribution in [0.2, 0.25) is 0 Å². The minimum atomic E-state index is -3.75. The molecule has 1 unspecified atom stereocenters. The molecular formula is C13H11NO4S. The normalized spacial score (nSPS) is 13.7. The van der Waals surface area contributed by atoms with E-state index in [9.17, 15) is 13.8 Å². The number of benzene rings is 2. The van der Waals surface area contributed by atoms with E-state index in [-0.39, 0.29) is 5.56 Å². The van der Waals surface area contributed by atoms with Crippen LogP contribution in [-0.4, -0.2) is 26.3 Å². The van der Waals surface area contributed by atoms with Crippen LogP contribution >= 0.6 is 0 Å². The lowest BCUT2D eigenvalue weighted by atomic mass is 10.0. The Bertz CT molecular complexity index is 760. The molecule has 19 heavy (non-hydrogen) atoms. The summed E-state index contributed by atoms with van der Waals surface area (Å²) in [5, 5.41) is 1.42. The highest BCUT2D eigenvalue weighted by molar-refractivity contribution is 7.93. The summed E-state index contributed by atoms with van der Waals surface area (Å²) in [6.45, 7) is 0. The Morgan fingerprint density at radius 1 is 1.11 bits per heavy atom. The first-order valence-corrected chi connectivity index (χ1v) is 7.01. The summed E-state index contributed by atoms with van der Waals surface area (Å²) in [5.74, 6) is 0.821. The van der Waals surface area contributed by atoms with Gasteiger partial charge in [0.1, 0.15) is 0 Å². The highest BCUT2D eigenvalue weighted by atomic mass is 32.2. The zero-order valence-electron chi connectivity index (χ0n) is 9.83. The average molecular weight is 277 g/mol. The van der Waals surface area contributed by atoms with E-state index in [2.05, 4.69) is 5.87 Å². The molecule has 2 rings (SSSR count). The van der Waals surface area contributed by atoms with Crippen LogP contribution in [0.15, 0.2) is 42.5 Å². The van der Waals surface area contributed by atoms with Crippen LogP contribution in [0.5, 0.6) is 0 Å². The Morgan fingerprint density at radius 3 is 2.42 bits per heavy atom. The van der Waals surface area contributed by atoms with Crippen molar-refractivity contribution in [2.75, 3.05) is 0 Å². The van der Waals surface area contributed by atoms with Gasteiger partial charge in [-0.1, -0.05) is 42.5 Å². The molecule has 0 bridgehead atoms. The van der Waals surface area contributed by atoms with Gasteiger partial charge in [-0.05, 0) is 16.6 Å². The molecule has 0 radical (unpaired) electrons. The zero-order chi connectivity index (χ0) is 14.0. The van der Waals surface area contributed by atoms with Crippen LogP contribution in [-0.2, 0) is 14.8 Å². The number of fused-ring (bicyclic) bond motifs is 1. The highest BCUT2D eigenvalue weighted by Crippen LogP contribution is 2.18. The Labute approximate surface area is 110 Å². The molecule has 0 aliphatic carbocycles. The van der Waals surface area contributed by atoms with Gasteiger partial charge in [-0.2, -0.15) is 0 Å². The SMILES string of the molecule is C=S(=O)(O)NC(=O)C(=O)c1cccc2ccccc12. The topological polar surface area (TPSA) is 83.5 Å². The van der Waals surface area contributed by atoms with Crippen LogP contribution < -0.4 is 4.72 Å². The maximum Gasteiger partial charge on any atom is 0.305 e. The second kappa shape index (κ2) is 4.83. The number of ketones is 1. The van der Waals surface area contributed by atoms with Crippen molar-refractivity contribution in [3.05, 3.63) is 48.0 Å². The van der Waals surface area contributed by atoms with Crippen molar-refractivity contribution < 1.29 is 18.4 Å². The van der Waals surface area contributed by atoms with Gasteiger partial charge >= 0.3 is 5.91 Å². The molecule has 0 aromatic heterocycles. The second-order valence-corrected chi connectivity index (χ2v) is 5.41. The van der Waals surface area contributed by atoms with Gasteiger partial charge in [-0.25, -0.2) is 4.21 Å². The number of Topliss-reactive ketones (excluding diaryl/α,β-unsaturated/α-hetero) is 1. The van der Waals surface area contributed by atoms with Crippen molar-refractivity contribution in [1.82, 2.24) is 4.72 Å². The van der Waals surface area contributed by atoms with E-state index in [1.165, 1.54) is 6.07 Å². The van der Waals surface area contributed by atoms with Crippen LogP contribution in [0.25, 0.3) is 10.8 Å². The lowest BCUT2D eigenvalue weighted by molar-refractivity contribution is -0.115. The van der Waals surface area contributed by atoms with E-state index in [0.29, 0.717) is 5.39 Å². The molecule has 0 aliphatic rings. The zero-order valence-corrected chi connectivity index (χ0v) is 10.6. The molecular weight excluding hydrogens is 266 g/mol. The number of rotatable bonds is 3. The number of hydrogen-bond donors (Lipinski definition) is 2. The molecule has 0 heterocycles. The van der Waals surface area contributed by atoms with Crippen molar-refractivity contribution >= 4 is 38.3 Å². The number of carbonyl (C=O) groups is 2. The maximum absolute atomic E-state index is 12.0. The first-order valence-electron chi connectivity index (χ1n) is 5.32. The van der Waals surface area contributed by atoms with Gasteiger partial charge in [0, 0.05) is 5.56 Å². The van der Waals surface area contributed by atoms with Crippen LogP contribution in [0.1, 0.15) is 10.4 Å². The number of carbonyl (C=O) groups excluding carboxylic acids is 2. The predicted octanol–water partition coefficient (Wildman–Crippen LogP) is 1.24. The molecule has 5 nitrogen and oxygen atoms in total. The molecule has 98 valence electrons. The van der Waals surface area contributed by atoms with Gasteiger partial charge in [0.2, 0.25) is 0 Å². The molecule has 2 N–H and O–H groups in total. The summed E-state index contributed by atoms with van der Waals surface area (Å²) < 4.78 is 21.6. The lowest BCUT2D eigenvalue weighted by Crippen LogP contribution is -2.35. The minimum Gasteiger partial charge on any atom is -0.299 e. The predicted molar refractivity (Wildman–Crippen MR) is 74.3 cm³/mol. The molecule has 0 fully saturated rings. The third kappa shape index (κ3) is 2.98. The number of amides is 1. The standard InChI is InChI=1S/C13H11NO4S/c1-19(17,18)14-13(16)12(15)11-8-4-6-9-5-2-3-7-10(9)11/h2-8H,1H2,(H2,14,16,17,18). The van der Waals surface area contributed by atoms with E-state index >= 15 is 0 Å². The molecule has 1 amide bonds. The summed E-state index contributed by atoms with van der Waals surface area (Å²) in [4.78, 5) is 23.5. The fraction of sp³-hybridized carbons (Fsp3) is 0. The second-order valence-electron chi connectivity index (χ2n) is 3.93. The Morgan fingerprint density at radius 2 is 1.74 bits per heavy atom. The van der Waals surface area contributed by atoms with Gasteiger partial charge in [0.15, 0.2) is 9.99 Å². The Kier molecular flexibility index (Phi) is 3.37. The molecule has 2 aromatic rings. The smallest absolute Gasteiger partial charge is 0.299 e. The summed E-state index contributed by atoms with van der Waals surface area (Å²) in [6.07, 6.45) is 0. The summed E-state index contributed by atoms with van der Waals surface area (Å²) >= 11 is 0. The van der Waals surface area contributed by atoms with Crippen LogP contribution in [0.4, 0.5) is 0 Å². The lowest BCUT2D eigenvalue weighted by Gasteiger charge is -2.06. The first kappa shape index (κ1) is 13.3. The molecule has 0 aliphatic heterocycles. The summed E-state index contributed by atoms with van der Waals surface area (Å²) in [6, 6.07) is 12.0. The summed E-state index contributed by atoms with van der Waals surface area (Å²) in [7, 11) is -3.75. The van der Waals surface area contributed by atoms with Gasteiger partial charge in [-0.15, -0.1) is 0 Å². The van der Waals surface area contributed by atoms with Crippen molar-refractivity contribution in [2.24, 2.45) is 0 Å². The van der Waals surface area contributed by atoms with E-state index in [4.69, 9.17) is 4.55 Å². The van der Waals surface area contributed by atoms with Gasteiger partial charge < -0.3 is 0 Å². The fourth-order valence-electron chi connectivity index (χ4n) is 1.74. The monoisotopic (exact) mass is 277 g/mol. The highest BCUT2D eigenvalue weighted by Gasteiger charge is 2.20. The van der Waals surface area contributed by atoms with E-state index in [0.717, 1.165) is 5.39 Å². The maximum atomic E-state index is 12.0. The third-order valence-electron chi connectivity index (χ3n) is 2.49. The minimum absolute atomic E-state index is 0.180. The summed E-state index contributed by atoms with van der Waals surface area (Å²) in [5.41, 5.74) is 0.180. The number of hydrogen-bond acceptors (Lipinski definition) is 3. The van der Waals surface area contributed by atoms with Gasteiger partial charge in [-0.3, -0.25) is 18.9 Å². The molecule has 2 aromatic carbocycles. The van der Waals surface area contributed by atoms with E-state index in [1.54, 1.807) is 35.1 Å². The fourth-order valence-corrected chi connectivity index (χ4v) is 2.12. The first-order chi connectivity index (χ1) is 8.88. The third-order valence-corrected chi connectivity index (χ3v) is 3.00. The van der Waals surface area contributed by atoms with E-state index < -0.39 is 21.7 Å². The molecule has 0 saturated heterocycles. The Balaban J connectivity index is 2.45. The van der Waals surface area contributed by atoms with E-state index in [1.807, 2.05) is 6.07 Å². The molecule has 0 saturated carbocycles. The van der Waals surface area contributed by atoms with Crippen molar-refractivity contribution in [3.8, 4) is 0 Å². The van der Waals surface area contributed by atoms with Crippen molar-refractivity contribution in [2.45, 2.75) is 0 Å². The molecule has 6 heteroatoms. The van der Waals surface area contributed by atoms with Crippen LogP contribution in [0, 0.1) is 0 Å². The van der Waals surface area contributed by atoms with Crippen LogP contribution in [0.3, 0.4) is 0 Å². The van der Waals surface area contributed by atoms with Crippen molar-refractivity contribution in [1.29, 1.82) is 0 Å². The quantitative estimate of drug-likeness (QED) is 0.502. The Hall–Kier alpha value is -2.18. The van der Waals surface area contributed by atoms with Crippen molar-refractivity contribution in [3.63, 3.8) is 0 Å².